The molecule has 1 aliphatic carbocycles. The van der Waals surface area contributed by atoms with Crippen molar-refractivity contribution in [3.05, 3.63) is 35.4 Å². The van der Waals surface area contributed by atoms with Gasteiger partial charge in [-0.05, 0) is 37.0 Å². The highest BCUT2D eigenvalue weighted by Crippen LogP contribution is 2.28. The van der Waals surface area contributed by atoms with E-state index in [1.807, 2.05) is 6.07 Å². The van der Waals surface area contributed by atoms with Crippen molar-refractivity contribution >= 4 is 10.0 Å². The summed E-state index contributed by atoms with van der Waals surface area (Å²) in [6.07, 6.45) is 2.80. The van der Waals surface area contributed by atoms with Gasteiger partial charge in [0.15, 0.2) is 0 Å². The molecular formula is C13H17N3O2S. The van der Waals surface area contributed by atoms with Crippen LogP contribution in [0.15, 0.2) is 24.3 Å². The van der Waals surface area contributed by atoms with Crippen LogP contribution in [-0.2, 0) is 15.8 Å². The van der Waals surface area contributed by atoms with E-state index in [0.29, 0.717) is 17.7 Å². The molecule has 1 fully saturated rings. The molecule has 0 bridgehead atoms. The molecule has 0 spiro atoms. The molecular weight excluding hydrogens is 262 g/mol. The second-order valence-corrected chi connectivity index (χ2v) is 6.91. The fourth-order valence-corrected chi connectivity index (χ4v) is 3.25. The van der Waals surface area contributed by atoms with Crippen molar-refractivity contribution in [1.82, 2.24) is 4.72 Å². The third kappa shape index (κ3) is 3.77. The number of rotatable bonds is 5. The topological polar surface area (TPSA) is 96.0 Å². The Bertz CT molecular complexity index is 583. The highest BCUT2D eigenvalue weighted by molar-refractivity contribution is 7.88. The number of nitrogens with zero attached hydrogens (tertiary/aromatic N) is 1. The molecule has 102 valence electrons. The van der Waals surface area contributed by atoms with E-state index in [1.165, 1.54) is 0 Å². The molecule has 1 aliphatic rings. The van der Waals surface area contributed by atoms with Gasteiger partial charge in [-0.2, -0.15) is 5.26 Å². The lowest BCUT2D eigenvalue weighted by Gasteiger charge is -2.38. The molecule has 3 N–H and O–H groups in total. The largest absolute Gasteiger partial charge is 0.324 e. The van der Waals surface area contributed by atoms with Crippen LogP contribution in [0.5, 0.6) is 0 Å². The second kappa shape index (κ2) is 5.29. The first kappa shape index (κ1) is 14.0. The van der Waals surface area contributed by atoms with Crippen LogP contribution < -0.4 is 10.5 Å². The van der Waals surface area contributed by atoms with Crippen LogP contribution in [0.3, 0.4) is 0 Å². The summed E-state index contributed by atoms with van der Waals surface area (Å²) in [5.74, 6) is -0.0885. The maximum atomic E-state index is 11.9. The summed E-state index contributed by atoms with van der Waals surface area (Å²) in [5, 5.41) is 8.67. The predicted octanol–water partition coefficient (Wildman–Crippen LogP) is 0.859. The van der Waals surface area contributed by atoms with E-state index in [1.54, 1.807) is 24.3 Å². The summed E-state index contributed by atoms with van der Waals surface area (Å²) < 4.78 is 26.4. The van der Waals surface area contributed by atoms with E-state index in [9.17, 15) is 8.42 Å². The molecule has 0 aromatic heterocycles. The molecule has 6 heteroatoms. The number of hydrogen-bond donors (Lipinski definition) is 2. The number of nitrogens with one attached hydrogen (secondary N) is 1. The minimum Gasteiger partial charge on any atom is -0.324 e. The van der Waals surface area contributed by atoms with Crippen LogP contribution >= 0.6 is 0 Å². The monoisotopic (exact) mass is 279 g/mol. The van der Waals surface area contributed by atoms with E-state index in [0.717, 1.165) is 19.3 Å². The van der Waals surface area contributed by atoms with Crippen LogP contribution in [0, 0.1) is 11.3 Å². The van der Waals surface area contributed by atoms with Gasteiger partial charge in [-0.15, -0.1) is 0 Å². The zero-order valence-electron chi connectivity index (χ0n) is 10.6. The SMILES string of the molecule is N#Cc1ccc(CS(=O)(=O)NCC2(N)CCC2)cc1. The quantitative estimate of drug-likeness (QED) is 0.835. The summed E-state index contributed by atoms with van der Waals surface area (Å²) in [7, 11) is -3.38. The average Bonchev–Trinajstić information content (AvgIpc) is 2.35. The third-order valence-electron chi connectivity index (χ3n) is 3.43. The molecule has 5 nitrogen and oxygen atoms in total. The van der Waals surface area contributed by atoms with E-state index in [2.05, 4.69) is 4.72 Å². The van der Waals surface area contributed by atoms with Gasteiger partial charge in [0.2, 0.25) is 10.0 Å². The van der Waals surface area contributed by atoms with Crippen LogP contribution in [0.25, 0.3) is 0 Å². The van der Waals surface area contributed by atoms with E-state index < -0.39 is 10.0 Å². The molecule has 0 saturated heterocycles. The molecule has 0 aliphatic heterocycles. The van der Waals surface area contributed by atoms with E-state index in [4.69, 9.17) is 11.0 Å². The maximum Gasteiger partial charge on any atom is 0.215 e. The van der Waals surface area contributed by atoms with Gasteiger partial charge in [0.1, 0.15) is 0 Å². The van der Waals surface area contributed by atoms with Crippen molar-refractivity contribution in [3.8, 4) is 6.07 Å². The maximum absolute atomic E-state index is 11.9. The zero-order chi connectivity index (χ0) is 13.9. The molecule has 0 atom stereocenters. The van der Waals surface area contributed by atoms with Gasteiger partial charge in [0, 0.05) is 12.1 Å². The molecule has 1 aromatic carbocycles. The lowest BCUT2D eigenvalue weighted by molar-refractivity contribution is 0.251. The fraction of sp³-hybridized carbons (Fsp3) is 0.462. The Morgan fingerprint density at radius 3 is 2.42 bits per heavy atom. The molecule has 0 radical (unpaired) electrons. The Kier molecular flexibility index (Phi) is 3.90. The van der Waals surface area contributed by atoms with Crippen LogP contribution in [0.4, 0.5) is 0 Å². The van der Waals surface area contributed by atoms with E-state index >= 15 is 0 Å². The van der Waals surface area contributed by atoms with Crippen molar-refractivity contribution < 1.29 is 8.42 Å². The van der Waals surface area contributed by atoms with Crippen LogP contribution in [0.2, 0.25) is 0 Å². The number of hydrogen-bond acceptors (Lipinski definition) is 4. The third-order valence-corrected chi connectivity index (χ3v) is 4.73. The lowest BCUT2D eigenvalue weighted by atomic mass is 9.78. The summed E-state index contributed by atoms with van der Waals surface area (Å²) in [5.41, 5.74) is 6.79. The summed E-state index contributed by atoms with van der Waals surface area (Å²) in [4.78, 5) is 0. The molecule has 0 amide bonds. The van der Waals surface area contributed by atoms with Gasteiger partial charge >= 0.3 is 0 Å². The minimum absolute atomic E-state index is 0.0885. The average molecular weight is 279 g/mol. The summed E-state index contributed by atoms with van der Waals surface area (Å²) in [6.45, 7) is 0.297. The number of sulfonamides is 1. The Morgan fingerprint density at radius 1 is 1.32 bits per heavy atom. The van der Waals surface area contributed by atoms with Crippen LogP contribution in [0.1, 0.15) is 30.4 Å². The summed E-state index contributed by atoms with van der Waals surface area (Å²) in [6, 6.07) is 8.52. The smallest absolute Gasteiger partial charge is 0.215 e. The van der Waals surface area contributed by atoms with Gasteiger partial charge in [-0.25, -0.2) is 13.1 Å². The molecule has 19 heavy (non-hydrogen) atoms. The van der Waals surface area contributed by atoms with E-state index in [-0.39, 0.29) is 11.3 Å². The first-order chi connectivity index (χ1) is 8.92. The second-order valence-electron chi connectivity index (χ2n) is 5.10. The van der Waals surface area contributed by atoms with Gasteiger partial charge < -0.3 is 5.73 Å². The number of nitrogens with two attached hydrogens (primary N) is 1. The van der Waals surface area contributed by atoms with Crippen molar-refractivity contribution in [3.63, 3.8) is 0 Å². The molecule has 1 aromatic rings. The Hall–Kier alpha value is -1.42. The normalized spacial score (nSPS) is 17.5. The Balaban J connectivity index is 1.94. The highest BCUT2D eigenvalue weighted by Gasteiger charge is 2.33. The fourth-order valence-electron chi connectivity index (χ4n) is 2.01. The standard InChI is InChI=1S/C13H17N3O2S/c14-8-11-2-4-12(5-3-11)9-19(17,18)16-10-13(15)6-1-7-13/h2-5,16H,1,6-7,9-10,15H2. The first-order valence-electron chi connectivity index (χ1n) is 6.18. The minimum atomic E-state index is -3.38. The molecule has 1 saturated carbocycles. The Morgan fingerprint density at radius 2 is 1.95 bits per heavy atom. The van der Waals surface area contributed by atoms with Crippen molar-refractivity contribution in [2.45, 2.75) is 30.6 Å². The van der Waals surface area contributed by atoms with Crippen molar-refractivity contribution in [1.29, 1.82) is 5.26 Å². The van der Waals surface area contributed by atoms with Gasteiger partial charge in [0.25, 0.3) is 0 Å². The zero-order valence-corrected chi connectivity index (χ0v) is 11.4. The van der Waals surface area contributed by atoms with Gasteiger partial charge in [-0.3, -0.25) is 0 Å². The highest BCUT2D eigenvalue weighted by atomic mass is 32.2. The molecule has 0 unspecified atom stereocenters. The van der Waals surface area contributed by atoms with Gasteiger partial charge in [-0.1, -0.05) is 12.1 Å². The lowest BCUT2D eigenvalue weighted by Crippen LogP contribution is -2.54. The van der Waals surface area contributed by atoms with Crippen molar-refractivity contribution in [2.75, 3.05) is 6.54 Å². The first-order valence-corrected chi connectivity index (χ1v) is 7.83. The predicted molar refractivity (Wildman–Crippen MR) is 72.6 cm³/mol. The number of benzene rings is 1. The molecule has 0 heterocycles. The van der Waals surface area contributed by atoms with Crippen molar-refractivity contribution in [2.24, 2.45) is 5.73 Å². The van der Waals surface area contributed by atoms with Gasteiger partial charge in [0.05, 0.1) is 17.4 Å². The van der Waals surface area contributed by atoms with Crippen LogP contribution in [-0.4, -0.2) is 20.5 Å². The Labute approximate surface area is 113 Å². The summed E-state index contributed by atoms with van der Waals surface area (Å²) >= 11 is 0. The number of nitriles is 1. The molecule has 2 rings (SSSR count).